The van der Waals surface area contributed by atoms with Crippen molar-refractivity contribution in [2.45, 2.75) is 42.0 Å². The highest BCUT2D eigenvalue weighted by Gasteiger charge is 2.57. The average Bonchev–Trinajstić information content (AvgIpc) is 2.81. The van der Waals surface area contributed by atoms with Crippen molar-refractivity contribution in [1.29, 1.82) is 0 Å². The Labute approximate surface area is 102 Å². The first-order valence-corrected chi connectivity index (χ1v) is 7.16. The van der Waals surface area contributed by atoms with Crippen LogP contribution in [0.5, 0.6) is 0 Å². The molecule has 1 unspecified atom stereocenters. The maximum Gasteiger partial charge on any atom is 0.181 e. The SMILES string of the molecule is CC1SC2(CCN(C)CC2)CC12OCCO2. The summed E-state index contributed by atoms with van der Waals surface area (Å²) in [5.74, 6) is -0.249. The van der Waals surface area contributed by atoms with E-state index in [1.54, 1.807) is 0 Å². The molecule has 2 spiro atoms. The van der Waals surface area contributed by atoms with E-state index in [9.17, 15) is 0 Å². The molecule has 0 saturated carbocycles. The summed E-state index contributed by atoms with van der Waals surface area (Å²) >= 11 is 2.11. The largest absolute Gasteiger partial charge is 0.346 e. The van der Waals surface area contributed by atoms with Gasteiger partial charge in [-0.1, -0.05) is 0 Å². The van der Waals surface area contributed by atoms with Crippen LogP contribution in [0.25, 0.3) is 0 Å². The number of rotatable bonds is 0. The van der Waals surface area contributed by atoms with E-state index in [0.29, 0.717) is 10.00 Å². The molecule has 4 heteroatoms. The lowest BCUT2D eigenvalue weighted by Gasteiger charge is -2.37. The van der Waals surface area contributed by atoms with E-state index >= 15 is 0 Å². The van der Waals surface area contributed by atoms with Crippen LogP contribution in [0.3, 0.4) is 0 Å². The van der Waals surface area contributed by atoms with Crippen LogP contribution in [0.1, 0.15) is 26.2 Å². The summed E-state index contributed by atoms with van der Waals surface area (Å²) in [5.41, 5.74) is 0. The number of piperidine rings is 1. The summed E-state index contributed by atoms with van der Waals surface area (Å²) in [6, 6.07) is 0. The molecule has 0 N–H and O–H groups in total. The fourth-order valence-corrected chi connectivity index (χ4v) is 5.08. The quantitative estimate of drug-likeness (QED) is 0.646. The van der Waals surface area contributed by atoms with E-state index in [1.807, 2.05) is 0 Å². The molecular formula is C12H21NO2S. The van der Waals surface area contributed by atoms with Gasteiger partial charge in [-0.2, -0.15) is 0 Å². The molecule has 3 aliphatic rings. The molecule has 3 aliphatic heterocycles. The summed E-state index contributed by atoms with van der Waals surface area (Å²) in [7, 11) is 2.22. The fraction of sp³-hybridized carbons (Fsp3) is 1.00. The number of ether oxygens (including phenoxy) is 2. The van der Waals surface area contributed by atoms with E-state index in [4.69, 9.17) is 9.47 Å². The van der Waals surface area contributed by atoms with Gasteiger partial charge in [-0.15, -0.1) is 11.8 Å². The van der Waals surface area contributed by atoms with Gasteiger partial charge in [-0.25, -0.2) is 0 Å². The molecule has 0 aromatic carbocycles. The van der Waals surface area contributed by atoms with Gasteiger partial charge < -0.3 is 14.4 Å². The predicted molar refractivity (Wildman–Crippen MR) is 65.8 cm³/mol. The molecule has 0 amide bonds. The zero-order valence-electron chi connectivity index (χ0n) is 10.2. The second kappa shape index (κ2) is 3.87. The Bertz CT molecular complexity index is 270. The molecule has 3 nitrogen and oxygen atoms in total. The third-order valence-corrected chi connectivity index (χ3v) is 6.05. The monoisotopic (exact) mass is 243 g/mol. The first kappa shape index (κ1) is 11.3. The summed E-state index contributed by atoms with van der Waals surface area (Å²) in [6.45, 7) is 6.26. The topological polar surface area (TPSA) is 21.7 Å². The van der Waals surface area contributed by atoms with E-state index in [1.165, 1.54) is 25.9 Å². The van der Waals surface area contributed by atoms with Gasteiger partial charge in [0.15, 0.2) is 5.79 Å². The molecule has 0 aromatic rings. The first-order chi connectivity index (χ1) is 7.64. The number of hydrogen-bond acceptors (Lipinski definition) is 4. The first-order valence-electron chi connectivity index (χ1n) is 6.29. The van der Waals surface area contributed by atoms with Gasteiger partial charge in [0.05, 0.1) is 18.5 Å². The molecule has 3 rings (SSSR count). The lowest BCUT2D eigenvalue weighted by atomic mass is 9.88. The van der Waals surface area contributed by atoms with Crippen LogP contribution >= 0.6 is 11.8 Å². The van der Waals surface area contributed by atoms with E-state index in [2.05, 4.69) is 30.6 Å². The van der Waals surface area contributed by atoms with Crippen LogP contribution in [0.15, 0.2) is 0 Å². The molecular weight excluding hydrogens is 222 g/mol. The summed E-state index contributed by atoms with van der Waals surface area (Å²) < 4.78 is 12.2. The van der Waals surface area contributed by atoms with E-state index in [-0.39, 0.29) is 5.79 Å². The highest BCUT2D eigenvalue weighted by Crippen LogP contribution is 2.56. The Balaban J connectivity index is 1.75. The highest BCUT2D eigenvalue weighted by atomic mass is 32.2. The van der Waals surface area contributed by atoms with E-state index in [0.717, 1.165) is 19.6 Å². The molecule has 3 saturated heterocycles. The average molecular weight is 243 g/mol. The van der Waals surface area contributed by atoms with Gasteiger partial charge in [-0.05, 0) is 39.9 Å². The lowest BCUT2D eigenvalue weighted by molar-refractivity contribution is -0.158. The van der Waals surface area contributed by atoms with Gasteiger partial charge in [0, 0.05) is 11.2 Å². The van der Waals surface area contributed by atoms with E-state index < -0.39 is 0 Å². The van der Waals surface area contributed by atoms with Crippen LogP contribution < -0.4 is 0 Å². The van der Waals surface area contributed by atoms with Crippen molar-refractivity contribution in [2.24, 2.45) is 0 Å². The molecule has 0 aromatic heterocycles. The van der Waals surface area contributed by atoms with Gasteiger partial charge in [0.25, 0.3) is 0 Å². The Morgan fingerprint density at radius 3 is 2.44 bits per heavy atom. The lowest BCUT2D eigenvalue weighted by Crippen LogP contribution is -2.42. The van der Waals surface area contributed by atoms with Crippen LogP contribution in [-0.2, 0) is 9.47 Å². The summed E-state index contributed by atoms with van der Waals surface area (Å²) in [4.78, 5) is 2.43. The highest BCUT2D eigenvalue weighted by molar-refractivity contribution is 8.01. The zero-order valence-corrected chi connectivity index (χ0v) is 11.0. The smallest absolute Gasteiger partial charge is 0.181 e. The third kappa shape index (κ3) is 1.70. The molecule has 0 bridgehead atoms. The minimum absolute atomic E-state index is 0.249. The van der Waals surface area contributed by atoms with Crippen LogP contribution in [0, 0.1) is 0 Å². The number of hydrogen-bond donors (Lipinski definition) is 0. The van der Waals surface area contributed by atoms with Gasteiger partial charge in [-0.3, -0.25) is 0 Å². The van der Waals surface area contributed by atoms with Crippen LogP contribution in [0.2, 0.25) is 0 Å². The van der Waals surface area contributed by atoms with Gasteiger partial charge in [0.2, 0.25) is 0 Å². The second-order valence-electron chi connectivity index (χ2n) is 5.43. The molecule has 92 valence electrons. The summed E-state index contributed by atoms with van der Waals surface area (Å²) in [5, 5.41) is 0.485. The molecule has 0 radical (unpaired) electrons. The minimum atomic E-state index is -0.249. The zero-order chi connectivity index (χ0) is 11.2. The standard InChI is InChI=1S/C12H21NO2S/c1-10-12(14-7-8-15-12)9-11(16-10)3-5-13(2)6-4-11/h10H,3-9H2,1-2H3. The maximum absolute atomic E-state index is 5.91. The number of nitrogens with zero attached hydrogens (tertiary/aromatic N) is 1. The normalized spacial score (nSPS) is 37.5. The predicted octanol–water partition coefficient (Wildman–Crippen LogP) is 1.72. The molecule has 0 aliphatic carbocycles. The molecule has 1 atom stereocenters. The van der Waals surface area contributed by atoms with Crippen molar-refractivity contribution in [2.75, 3.05) is 33.4 Å². The molecule has 3 fully saturated rings. The van der Waals surface area contributed by atoms with Crippen LogP contribution in [0.4, 0.5) is 0 Å². The van der Waals surface area contributed by atoms with Crippen molar-refractivity contribution in [3.05, 3.63) is 0 Å². The Hall–Kier alpha value is 0.230. The Morgan fingerprint density at radius 1 is 1.19 bits per heavy atom. The molecule has 16 heavy (non-hydrogen) atoms. The Kier molecular flexibility index (Phi) is 2.74. The maximum atomic E-state index is 5.91. The van der Waals surface area contributed by atoms with Crippen molar-refractivity contribution in [3.8, 4) is 0 Å². The van der Waals surface area contributed by atoms with Gasteiger partial charge >= 0.3 is 0 Å². The Morgan fingerprint density at radius 2 is 1.81 bits per heavy atom. The molecule has 3 heterocycles. The van der Waals surface area contributed by atoms with Gasteiger partial charge in [0.1, 0.15) is 0 Å². The second-order valence-corrected chi connectivity index (χ2v) is 7.24. The fourth-order valence-electron chi connectivity index (χ4n) is 3.23. The van der Waals surface area contributed by atoms with Crippen molar-refractivity contribution >= 4 is 11.8 Å². The third-order valence-electron chi connectivity index (χ3n) is 4.29. The van der Waals surface area contributed by atoms with Crippen molar-refractivity contribution in [3.63, 3.8) is 0 Å². The number of thioether (sulfide) groups is 1. The number of likely N-dealkylation sites (tertiary alicyclic amines) is 1. The van der Waals surface area contributed by atoms with Crippen molar-refractivity contribution in [1.82, 2.24) is 4.90 Å². The van der Waals surface area contributed by atoms with Crippen molar-refractivity contribution < 1.29 is 9.47 Å². The van der Waals surface area contributed by atoms with Crippen LogP contribution in [-0.4, -0.2) is 54.0 Å². The minimum Gasteiger partial charge on any atom is -0.346 e. The summed E-state index contributed by atoms with van der Waals surface area (Å²) in [6.07, 6.45) is 3.67.